The molecule has 0 spiro atoms. The molecular weight excluding hydrogens is 370 g/mol. The minimum atomic E-state index is -2.54. The number of urea groups is 1. The van der Waals surface area contributed by atoms with Crippen LogP contribution in [0.15, 0.2) is 59.5 Å². The maximum Gasteiger partial charge on any atom is 0.322 e. The highest BCUT2D eigenvalue weighted by atomic mass is 32.2. The number of benzene rings is 2. The van der Waals surface area contributed by atoms with Crippen LogP contribution >= 0.6 is 11.8 Å². The first-order chi connectivity index (χ1) is 13.1. The molecule has 2 amide bonds. The molecule has 27 heavy (non-hydrogen) atoms. The van der Waals surface area contributed by atoms with Gasteiger partial charge in [-0.05, 0) is 30.5 Å². The fourth-order valence-electron chi connectivity index (χ4n) is 2.57. The maximum absolute atomic E-state index is 12.8. The van der Waals surface area contributed by atoms with Crippen LogP contribution in [0.2, 0.25) is 0 Å². The van der Waals surface area contributed by atoms with E-state index in [-0.39, 0.29) is 6.03 Å². The third-order valence-electron chi connectivity index (χ3n) is 3.87. The minimum Gasteiger partial charge on any atom is -0.385 e. The van der Waals surface area contributed by atoms with Crippen LogP contribution in [0.4, 0.5) is 19.3 Å². The molecule has 146 valence electrons. The molecule has 2 aromatic rings. The Morgan fingerprint density at radius 1 is 1.11 bits per heavy atom. The van der Waals surface area contributed by atoms with E-state index in [4.69, 9.17) is 4.74 Å². The third kappa shape index (κ3) is 7.56. The number of carbonyl (C=O) groups is 1. The van der Waals surface area contributed by atoms with Gasteiger partial charge in [-0.2, -0.15) is 8.78 Å². The van der Waals surface area contributed by atoms with Crippen molar-refractivity contribution in [2.75, 3.05) is 25.6 Å². The first kappa shape index (κ1) is 21.2. The number of hydrogen-bond acceptors (Lipinski definition) is 3. The van der Waals surface area contributed by atoms with Crippen molar-refractivity contribution in [2.45, 2.75) is 30.0 Å². The molecule has 0 fully saturated rings. The number of alkyl halides is 2. The normalized spacial score (nSPS) is 10.8. The van der Waals surface area contributed by atoms with E-state index in [2.05, 4.69) is 5.32 Å². The highest BCUT2D eigenvalue weighted by Crippen LogP contribution is 2.31. The number of carbonyl (C=O) groups excluding carboxylic acids is 1. The van der Waals surface area contributed by atoms with Gasteiger partial charge in [0.1, 0.15) is 0 Å². The third-order valence-corrected chi connectivity index (χ3v) is 4.66. The van der Waals surface area contributed by atoms with Crippen LogP contribution in [-0.4, -0.2) is 36.9 Å². The quantitative estimate of drug-likeness (QED) is 0.430. The van der Waals surface area contributed by atoms with Crippen molar-refractivity contribution in [3.05, 3.63) is 60.2 Å². The van der Waals surface area contributed by atoms with Crippen LogP contribution < -0.4 is 5.32 Å². The van der Waals surface area contributed by atoms with Crippen LogP contribution in [0.25, 0.3) is 0 Å². The average molecular weight is 394 g/mol. The van der Waals surface area contributed by atoms with Crippen LogP contribution in [0.1, 0.15) is 18.4 Å². The number of nitrogens with one attached hydrogen (secondary N) is 1. The second-order valence-corrected chi connectivity index (χ2v) is 6.94. The largest absolute Gasteiger partial charge is 0.385 e. The number of nitrogens with zero attached hydrogens (tertiary/aromatic N) is 1. The standard InChI is InChI=1S/C20H24F2N2O2S/c1-26-14-8-7-13-24(15-16-9-3-2-4-10-16)20(25)23-17-11-5-6-12-18(17)27-19(21)22/h2-6,9-12,19H,7-8,13-15H2,1H3,(H,23,25). The molecule has 0 saturated heterocycles. The fourth-order valence-corrected chi connectivity index (χ4v) is 3.16. The highest BCUT2D eigenvalue weighted by Gasteiger charge is 2.17. The molecule has 0 bridgehead atoms. The van der Waals surface area contributed by atoms with Crippen molar-refractivity contribution < 1.29 is 18.3 Å². The van der Waals surface area contributed by atoms with Crippen molar-refractivity contribution in [1.82, 2.24) is 4.90 Å². The lowest BCUT2D eigenvalue weighted by atomic mass is 10.2. The van der Waals surface area contributed by atoms with Crippen molar-refractivity contribution in [3.63, 3.8) is 0 Å². The summed E-state index contributed by atoms with van der Waals surface area (Å²) in [6, 6.07) is 16.0. The van der Waals surface area contributed by atoms with Gasteiger partial charge in [0.15, 0.2) is 0 Å². The van der Waals surface area contributed by atoms with Crippen molar-refractivity contribution in [1.29, 1.82) is 0 Å². The molecule has 0 aliphatic carbocycles. The number of para-hydroxylation sites is 1. The van der Waals surface area contributed by atoms with E-state index in [1.165, 1.54) is 0 Å². The SMILES string of the molecule is COCCCCN(Cc1ccccc1)C(=O)Nc1ccccc1SC(F)F. The zero-order valence-corrected chi connectivity index (χ0v) is 16.1. The summed E-state index contributed by atoms with van der Waals surface area (Å²) in [7, 11) is 1.64. The molecule has 0 aromatic heterocycles. The second kappa shape index (κ2) is 11.6. The van der Waals surface area contributed by atoms with Crippen molar-refractivity contribution in [2.24, 2.45) is 0 Å². The summed E-state index contributed by atoms with van der Waals surface area (Å²) in [5.41, 5.74) is 1.40. The molecule has 0 heterocycles. The van der Waals surface area contributed by atoms with Gasteiger partial charge >= 0.3 is 6.03 Å². The Morgan fingerprint density at radius 2 is 1.81 bits per heavy atom. The topological polar surface area (TPSA) is 41.6 Å². The fraction of sp³-hybridized carbons (Fsp3) is 0.350. The summed E-state index contributed by atoms with van der Waals surface area (Å²) in [5.74, 6) is -2.54. The zero-order valence-electron chi connectivity index (χ0n) is 15.2. The Kier molecular flexibility index (Phi) is 9.07. The van der Waals surface area contributed by atoms with Gasteiger partial charge in [0.2, 0.25) is 0 Å². The first-order valence-corrected chi connectivity index (χ1v) is 9.60. The number of thioether (sulfide) groups is 1. The molecule has 7 heteroatoms. The van der Waals surface area contributed by atoms with E-state index in [0.717, 1.165) is 18.4 Å². The first-order valence-electron chi connectivity index (χ1n) is 8.72. The molecule has 0 aliphatic rings. The lowest BCUT2D eigenvalue weighted by Crippen LogP contribution is -2.35. The molecular formula is C20H24F2N2O2S. The Bertz CT molecular complexity index is 701. The molecule has 1 N–H and O–H groups in total. The summed E-state index contributed by atoms with van der Waals surface area (Å²) < 4.78 is 30.6. The van der Waals surface area contributed by atoms with Crippen molar-refractivity contribution >= 4 is 23.5 Å². The smallest absolute Gasteiger partial charge is 0.322 e. The number of rotatable bonds is 10. The monoisotopic (exact) mass is 394 g/mol. The Balaban J connectivity index is 2.08. The van der Waals surface area contributed by atoms with E-state index in [9.17, 15) is 13.6 Å². The van der Waals surface area contributed by atoms with E-state index < -0.39 is 5.76 Å². The van der Waals surface area contributed by atoms with Gasteiger partial charge in [0.05, 0.1) is 5.69 Å². The van der Waals surface area contributed by atoms with E-state index in [1.54, 1.807) is 36.3 Å². The number of halogens is 2. The van der Waals surface area contributed by atoms with Gasteiger partial charge in [-0.1, -0.05) is 54.2 Å². The summed E-state index contributed by atoms with van der Waals surface area (Å²) in [5, 5.41) is 2.78. The van der Waals surface area contributed by atoms with Crippen LogP contribution in [-0.2, 0) is 11.3 Å². The minimum absolute atomic E-state index is 0.307. The molecule has 2 rings (SSSR count). The van der Waals surface area contributed by atoms with Crippen LogP contribution in [0.3, 0.4) is 0 Å². The number of methoxy groups -OCH3 is 1. The summed E-state index contributed by atoms with van der Waals surface area (Å²) in [6.45, 7) is 1.63. The van der Waals surface area contributed by atoms with Crippen LogP contribution in [0, 0.1) is 0 Å². The van der Waals surface area contributed by atoms with Gasteiger partial charge in [-0.15, -0.1) is 0 Å². The predicted molar refractivity (Wildman–Crippen MR) is 105 cm³/mol. The summed E-state index contributed by atoms with van der Waals surface area (Å²) >= 11 is 0.424. The second-order valence-electron chi connectivity index (χ2n) is 5.91. The molecule has 0 atom stereocenters. The lowest BCUT2D eigenvalue weighted by molar-refractivity contribution is 0.182. The highest BCUT2D eigenvalue weighted by molar-refractivity contribution is 7.99. The number of hydrogen-bond donors (Lipinski definition) is 1. The van der Waals surface area contributed by atoms with Gasteiger partial charge in [-0.25, -0.2) is 4.79 Å². The molecule has 0 radical (unpaired) electrons. The average Bonchev–Trinajstić information content (AvgIpc) is 2.66. The number of anilines is 1. The Morgan fingerprint density at radius 3 is 2.52 bits per heavy atom. The molecule has 0 saturated carbocycles. The number of amides is 2. The van der Waals surface area contributed by atoms with Gasteiger partial charge < -0.3 is 15.0 Å². The lowest BCUT2D eigenvalue weighted by Gasteiger charge is -2.24. The molecule has 4 nitrogen and oxygen atoms in total. The van der Waals surface area contributed by atoms with E-state index in [1.807, 2.05) is 30.3 Å². The molecule has 0 unspecified atom stereocenters. The Hall–Kier alpha value is -2.12. The van der Waals surface area contributed by atoms with Gasteiger partial charge in [-0.3, -0.25) is 0 Å². The summed E-state index contributed by atoms with van der Waals surface area (Å²) in [6.07, 6.45) is 1.63. The zero-order chi connectivity index (χ0) is 19.5. The number of unbranched alkanes of at least 4 members (excludes halogenated alkanes) is 1. The van der Waals surface area contributed by atoms with E-state index in [0.29, 0.717) is 42.0 Å². The molecule has 0 aliphatic heterocycles. The van der Waals surface area contributed by atoms with Crippen LogP contribution in [0.5, 0.6) is 0 Å². The predicted octanol–water partition coefficient (Wildman–Crippen LogP) is 5.46. The van der Waals surface area contributed by atoms with Gasteiger partial charge in [0, 0.05) is 31.7 Å². The maximum atomic E-state index is 12.8. The Labute approximate surface area is 162 Å². The van der Waals surface area contributed by atoms with Crippen molar-refractivity contribution in [3.8, 4) is 0 Å². The summed E-state index contributed by atoms with van der Waals surface area (Å²) in [4.78, 5) is 14.8. The van der Waals surface area contributed by atoms with E-state index >= 15 is 0 Å². The molecule has 2 aromatic carbocycles. The van der Waals surface area contributed by atoms with Gasteiger partial charge in [0.25, 0.3) is 5.76 Å². The number of ether oxygens (including phenoxy) is 1.